The minimum Gasteiger partial charge on any atom is -0.466 e. The van der Waals surface area contributed by atoms with Crippen molar-refractivity contribution in [3.8, 4) is 0 Å². The lowest BCUT2D eigenvalue weighted by atomic mass is 10.2. The average molecular weight is 235 g/mol. The van der Waals surface area contributed by atoms with E-state index in [-0.39, 0.29) is 11.9 Å². The van der Waals surface area contributed by atoms with E-state index in [0.717, 1.165) is 18.2 Å². The first-order valence-corrected chi connectivity index (χ1v) is 5.64. The van der Waals surface area contributed by atoms with Gasteiger partial charge >= 0.3 is 5.97 Å². The van der Waals surface area contributed by atoms with Crippen molar-refractivity contribution in [3.63, 3.8) is 0 Å². The van der Waals surface area contributed by atoms with Crippen LogP contribution in [0.3, 0.4) is 0 Å². The Morgan fingerprint density at radius 2 is 2.42 bits per heavy atom. The van der Waals surface area contributed by atoms with Crippen LogP contribution >= 0.6 is 15.9 Å². The number of alkyl halides is 1. The summed E-state index contributed by atoms with van der Waals surface area (Å²) in [6, 6.07) is 0. The molecule has 0 aliphatic heterocycles. The monoisotopic (exact) mass is 234 g/mol. The molecule has 1 fully saturated rings. The van der Waals surface area contributed by atoms with Gasteiger partial charge in [0.05, 0.1) is 12.5 Å². The van der Waals surface area contributed by atoms with Crippen LogP contribution in [0.4, 0.5) is 0 Å². The SMILES string of the molecule is CCOC(=O)[C@@H]1CC1CCCBr. The van der Waals surface area contributed by atoms with Crippen molar-refractivity contribution < 1.29 is 9.53 Å². The summed E-state index contributed by atoms with van der Waals surface area (Å²) in [5, 5.41) is 1.04. The largest absolute Gasteiger partial charge is 0.466 e. The molecule has 0 bridgehead atoms. The van der Waals surface area contributed by atoms with Crippen LogP contribution in [0, 0.1) is 11.8 Å². The normalized spacial score (nSPS) is 26.8. The number of carbonyl (C=O) groups is 1. The second-order valence-electron chi connectivity index (χ2n) is 3.19. The zero-order valence-corrected chi connectivity index (χ0v) is 8.97. The van der Waals surface area contributed by atoms with Gasteiger partial charge in [0.15, 0.2) is 0 Å². The van der Waals surface area contributed by atoms with Gasteiger partial charge in [0, 0.05) is 5.33 Å². The number of halogens is 1. The molecule has 1 saturated carbocycles. The highest BCUT2D eigenvalue weighted by Gasteiger charge is 2.43. The maximum atomic E-state index is 11.1. The lowest BCUT2D eigenvalue weighted by Gasteiger charge is -1.99. The molecule has 0 amide bonds. The predicted molar refractivity (Wildman–Crippen MR) is 51.3 cm³/mol. The Balaban J connectivity index is 2.10. The van der Waals surface area contributed by atoms with Gasteiger partial charge in [0.25, 0.3) is 0 Å². The lowest BCUT2D eigenvalue weighted by Crippen LogP contribution is -2.07. The Kier molecular flexibility index (Phi) is 4.06. The third-order valence-electron chi connectivity index (χ3n) is 2.22. The maximum Gasteiger partial charge on any atom is 0.309 e. The van der Waals surface area contributed by atoms with Crippen molar-refractivity contribution in [1.82, 2.24) is 0 Å². The highest BCUT2D eigenvalue weighted by molar-refractivity contribution is 9.09. The number of hydrogen-bond acceptors (Lipinski definition) is 2. The molecule has 3 heteroatoms. The molecule has 0 aromatic rings. The van der Waals surface area contributed by atoms with Crippen LogP contribution in [-0.4, -0.2) is 17.9 Å². The van der Waals surface area contributed by atoms with Gasteiger partial charge in [-0.15, -0.1) is 0 Å². The van der Waals surface area contributed by atoms with Gasteiger partial charge in [-0.3, -0.25) is 4.79 Å². The quantitative estimate of drug-likeness (QED) is 0.540. The predicted octanol–water partition coefficient (Wildman–Crippen LogP) is 2.36. The smallest absolute Gasteiger partial charge is 0.309 e. The van der Waals surface area contributed by atoms with Crippen LogP contribution in [0.15, 0.2) is 0 Å². The van der Waals surface area contributed by atoms with Gasteiger partial charge in [-0.05, 0) is 32.1 Å². The van der Waals surface area contributed by atoms with Crippen LogP contribution in [0.2, 0.25) is 0 Å². The summed E-state index contributed by atoms with van der Waals surface area (Å²) in [5.41, 5.74) is 0. The van der Waals surface area contributed by atoms with E-state index in [4.69, 9.17) is 4.74 Å². The molecule has 0 radical (unpaired) electrons. The summed E-state index contributed by atoms with van der Waals surface area (Å²) in [5.74, 6) is 0.850. The fourth-order valence-corrected chi connectivity index (χ4v) is 1.77. The molecule has 12 heavy (non-hydrogen) atoms. The van der Waals surface area contributed by atoms with E-state index >= 15 is 0 Å². The number of ether oxygens (including phenoxy) is 1. The molecule has 0 heterocycles. The molecule has 2 atom stereocenters. The number of esters is 1. The van der Waals surface area contributed by atoms with Crippen LogP contribution in [0.5, 0.6) is 0 Å². The van der Waals surface area contributed by atoms with E-state index in [9.17, 15) is 4.79 Å². The van der Waals surface area contributed by atoms with E-state index in [1.807, 2.05) is 6.92 Å². The van der Waals surface area contributed by atoms with Crippen molar-refractivity contribution >= 4 is 21.9 Å². The molecule has 1 unspecified atom stereocenters. The fraction of sp³-hybridized carbons (Fsp3) is 0.889. The van der Waals surface area contributed by atoms with Crippen LogP contribution in [0.1, 0.15) is 26.2 Å². The highest BCUT2D eigenvalue weighted by atomic mass is 79.9. The summed E-state index contributed by atoms with van der Waals surface area (Å²) < 4.78 is 4.93. The first kappa shape index (κ1) is 10.0. The van der Waals surface area contributed by atoms with Gasteiger partial charge < -0.3 is 4.74 Å². The zero-order chi connectivity index (χ0) is 8.97. The Morgan fingerprint density at radius 1 is 1.67 bits per heavy atom. The summed E-state index contributed by atoms with van der Waals surface area (Å²) in [6.07, 6.45) is 3.38. The minimum atomic E-state index is 0.0112. The van der Waals surface area contributed by atoms with E-state index in [0.29, 0.717) is 12.5 Å². The van der Waals surface area contributed by atoms with Crippen molar-refractivity contribution in [3.05, 3.63) is 0 Å². The van der Waals surface area contributed by atoms with Crippen LogP contribution < -0.4 is 0 Å². The molecule has 0 N–H and O–H groups in total. The molecule has 0 spiro atoms. The summed E-state index contributed by atoms with van der Waals surface area (Å²) in [4.78, 5) is 11.1. The molecular weight excluding hydrogens is 220 g/mol. The third kappa shape index (κ3) is 2.77. The first-order chi connectivity index (χ1) is 5.79. The number of rotatable bonds is 5. The summed E-state index contributed by atoms with van der Waals surface area (Å²) in [7, 11) is 0. The van der Waals surface area contributed by atoms with Gasteiger partial charge in [0.2, 0.25) is 0 Å². The first-order valence-electron chi connectivity index (χ1n) is 4.52. The number of carbonyl (C=O) groups excluding carboxylic acids is 1. The van der Waals surface area contributed by atoms with Gasteiger partial charge in [-0.2, -0.15) is 0 Å². The Morgan fingerprint density at radius 3 is 3.00 bits per heavy atom. The lowest BCUT2D eigenvalue weighted by molar-refractivity contribution is -0.145. The standard InChI is InChI=1S/C9H15BrO2/c1-2-12-9(11)8-6-7(8)4-3-5-10/h7-8H,2-6H2,1H3/t7?,8-/m1/s1. The average Bonchev–Trinajstić information content (AvgIpc) is 2.80. The summed E-state index contributed by atoms with van der Waals surface area (Å²) >= 11 is 3.38. The van der Waals surface area contributed by atoms with Gasteiger partial charge in [-0.1, -0.05) is 15.9 Å². The summed E-state index contributed by atoms with van der Waals surface area (Å²) in [6.45, 7) is 2.37. The number of hydrogen-bond donors (Lipinski definition) is 0. The molecule has 0 saturated heterocycles. The van der Waals surface area contributed by atoms with Crippen LogP contribution in [0.25, 0.3) is 0 Å². The Labute approximate surface area is 81.8 Å². The molecule has 70 valence electrons. The van der Waals surface area contributed by atoms with Crippen molar-refractivity contribution in [2.24, 2.45) is 11.8 Å². The molecule has 0 aromatic carbocycles. The van der Waals surface area contributed by atoms with E-state index in [2.05, 4.69) is 15.9 Å². The molecule has 1 rings (SSSR count). The molecule has 1 aliphatic carbocycles. The van der Waals surface area contributed by atoms with Gasteiger partial charge in [-0.25, -0.2) is 0 Å². The molecule has 2 nitrogen and oxygen atoms in total. The molecule has 0 aromatic heterocycles. The van der Waals surface area contributed by atoms with Crippen LogP contribution in [-0.2, 0) is 9.53 Å². The fourth-order valence-electron chi connectivity index (χ4n) is 1.44. The minimum absolute atomic E-state index is 0.0112. The zero-order valence-electron chi connectivity index (χ0n) is 7.38. The molecular formula is C9H15BrO2. The Hall–Kier alpha value is -0.0500. The Bertz CT molecular complexity index is 159. The van der Waals surface area contributed by atoms with Crippen molar-refractivity contribution in [2.75, 3.05) is 11.9 Å². The van der Waals surface area contributed by atoms with E-state index in [1.165, 1.54) is 6.42 Å². The van der Waals surface area contributed by atoms with Gasteiger partial charge in [0.1, 0.15) is 0 Å². The topological polar surface area (TPSA) is 26.3 Å². The molecule has 1 aliphatic rings. The highest BCUT2D eigenvalue weighted by Crippen LogP contribution is 2.42. The van der Waals surface area contributed by atoms with E-state index < -0.39 is 0 Å². The third-order valence-corrected chi connectivity index (χ3v) is 2.78. The second kappa shape index (κ2) is 4.85. The van der Waals surface area contributed by atoms with Crippen molar-refractivity contribution in [2.45, 2.75) is 26.2 Å². The van der Waals surface area contributed by atoms with E-state index in [1.54, 1.807) is 0 Å². The second-order valence-corrected chi connectivity index (χ2v) is 3.98. The van der Waals surface area contributed by atoms with Crippen molar-refractivity contribution in [1.29, 1.82) is 0 Å². The maximum absolute atomic E-state index is 11.1.